The first-order valence-corrected chi connectivity index (χ1v) is 8.83. The van der Waals surface area contributed by atoms with Crippen LogP contribution >= 0.6 is 0 Å². The van der Waals surface area contributed by atoms with Crippen molar-refractivity contribution in [1.29, 1.82) is 0 Å². The van der Waals surface area contributed by atoms with Gasteiger partial charge in [-0.05, 0) is 44.2 Å². The standard InChI is InChI=1S/C19H26N4O/c1-3-19(4-2,13-20)21-18(24)17-15-11-8-12-16(15)23(22-17)14-9-6-5-7-10-14/h5-7,9-10H,3-4,8,11-13,20H2,1-2H3,(H,21,24). The number of hydrogen-bond acceptors (Lipinski definition) is 3. The summed E-state index contributed by atoms with van der Waals surface area (Å²) in [6.45, 7) is 4.56. The lowest BCUT2D eigenvalue weighted by atomic mass is 9.92. The van der Waals surface area contributed by atoms with Crippen molar-refractivity contribution in [2.75, 3.05) is 6.54 Å². The number of nitrogens with one attached hydrogen (secondary N) is 1. The monoisotopic (exact) mass is 326 g/mol. The van der Waals surface area contributed by atoms with Crippen LogP contribution in [-0.4, -0.2) is 27.8 Å². The van der Waals surface area contributed by atoms with Crippen molar-refractivity contribution in [1.82, 2.24) is 15.1 Å². The number of nitrogens with zero attached hydrogens (tertiary/aromatic N) is 2. The van der Waals surface area contributed by atoms with Crippen LogP contribution in [0.2, 0.25) is 0 Å². The number of benzene rings is 1. The predicted molar refractivity (Wildman–Crippen MR) is 95.4 cm³/mol. The Morgan fingerprint density at radius 1 is 1.25 bits per heavy atom. The number of nitrogens with two attached hydrogens (primary N) is 1. The van der Waals surface area contributed by atoms with Crippen molar-refractivity contribution in [3.05, 3.63) is 47.3 Å². The number of fused-ring (bicyclic) bond motifs is 1. The quantitative estimate of drug-likeness (QED) is 0.857. The Bertz CT molecular complexity index is 708. The zero-order chi connectivity index (χ0) is 17.2. The Balaban J connectivity index is 1.96. The molecule has 0 fully saturated rings. The molecule has 1 heterocycles. The molecule has 128 valence electrons. The predicted octanol–water partition coefficient (Wildman–Crippen LogP) is 2.61. The molecule has 0 aliphatic heterocycles. The van der Waals surface area contributed by atoms with Gasteiger partial charge in [0.2, 0.25) is 0 Å². The normalized spacial score (nSPS) is 13.8. The molecule has 0 radical (unpaired) electrons. The summed E-state index contributed by atoms with van der Waals surface area (Å²) >= 11 is 0. The second-order valence-corrected chi connectivity index (χ2v) is 6.52. The van der Waals surface area contributed by atoms with Crippen LogP contribution in [-0.2, 0) is 12.8 Å². The first-order chi connectivity index (χ1) is 11.6. The summed E-state index contributed by atoms with van der Waals surface area (Å²) in [5.74, 6) is -0.100. The Morgan fingerprint density at radius 2 is 1.96 bits per heavy atom. The third-order valence-electron chi connectivity index (χ3n) is 5.27. The molecule has 1 aromatic carbocycles. The van der Waals surface area contributed by atoms with Crippen molar-refractivity contribution >= 4 is 5.91 Å². The van der Waals surface area contributed by atoms with E-state index >= 15 is 0 Å². The van der Waals surface area contributed by atoms with Gasteiger partial charge in [-0.25, -0.2) is 4.68 Å². The van der Waals surface area contributed by atoms with E-state index in [4.69, 9.17) is 5.73 Å². The van der Waals surface area contributed by atoms with Gasteiger partial charge < -0.3 is 11.1 Å². The van der Waals surface area contributed by atoms with E-state index in [0.717, 1.165) is 49.0 Å². The molecular weight excluding hydrogens is 300 g/mol. The van der Waals surface area contributed by atoms with Crippen molar-refractivity contribution in [2.24, 2.45) is 5.73 Å². The van der Waals surface area contributed by atoms with Crippen LogP contribution in [0.25, 0.3) is 5.69 Å². The summed E-state index contributed by atoms with van der Waals surface area (Å²) in [6, 6.07) is 10.0. The van der Waals surface area contributed by atoms with E-state index in [1.807, 2.05) is 35.0 Å². The second-order valence-electron chi connectivity index (χ2n) is 6.52. The number of aromatic nitrogens is 2. The van der Waals surface area contributed by atoms with Crippen molar-refractivity contribution in [2.45, 2.75) is 51.5 Å². The lowest BCUT2D eigenvalue weighted by Gasteiger charge is -2.31. The van der Waals surface area contributed by atoms with Crippen LogP contribution < -0.4 is 11.1 Å². The van der Waals surface area contributed by atoms with E-state index in [-0.39, 0.29) is 11.4 Å². The molecule has 0 atom stereocenters. The SMILES string of the molecule is CCC(CC)(CN)NC(=O)c1nn(-c2ccccc2)c2c1CCC2. The molecule has 24 heavy (non-hydrogen) atoms. The van der Waals surface area contributed by atoms with E-state index in [9.17, 15) is 4.79 Å². The van der Waals surface area contributed by atoms with Crippen LogP contribution in [0.1, 0.15) is 54.9 Å². The largest absolute Gasteiger partial charge is 0.344 e. The average Bonchev–Trinajstić information content (AvgIpc) is 3.23. The molecule has 1 aromatic heterocycles. The first-order valence-electron chi connectivity index (χ1n) is 8.83. The molecule has 1 amide bonds. The molecular formula is C19H26N4O. The number of carbonyl (C=O) groups excluding carboxylic acids is 1. The van der Waals surface area contributed by atoms with Crippen LogP contribution in [0.4, 0.5) is 0 Å². The highest BCUT2D eigenvalue weighted by atomic mass is 16.2. The average molecular weight is 326 g/mol. The summed E-state index contributed by atoms with van der Waals surface area (Å²) in [7, 11) is 0. The van der Waals surface area contributed by atoms with Crippen molar-refractivity contribution in [3.63, 3.8) is 0 Å². The van der Waals surface area contributed by atoms with Gasteiger partial charge in [0.1, 0.15) is 0 Å². The van der Waals surface area contributed by atoms with E-state index < -0.39 is 0 Å². The summed E-state index contributed by atoms with van der Waals surface area (Å²) in [4.78, 5) is 12.9. The smallest absolute Gasteiger partial charge is 0.272 e. The molecule has 2 aromatic rings. The fourth-order valence-electron chi connectivity index (χ4n) is 3.47. The van der Waals surface area contributed by atoms with Crippen LogP contribution in [0.5, 0.6) is 0 Å². The van der Waals surface area contributed by atoms with Crippen LogP contribution in [0.3, 0.4) is 0 Å². The molecule has 5 nitrogen and oxygen atoms in total. The number of hydrogen-bond donors (Lipinski definition) is 2. The minimum atomic E-state index is -0.348. The van der Waals surface area contributed by atoms with Gasteiger partial charge in [0.15, 0.2) is 5.69 Å². The van der Waals surface area contributed by atoms with E-state index in [0.29, 0.717) is 12.2 Å². The van der Waals surface area contributed by atoms with Gasteiger partial charge in [-0.2, -0.15) is 5.10 Å². The molecule has 3 rings (SSSR count). The van der Waals surface area contributed by atoms with Crippen molar-refractivity contribution in [3.8, 4) is 5.69 Å². The second kappa shape index (κ2) is 6.77. The molecule has 0 spiro atoms. The maximum absolute atomic E-state index is 12.9. The highest BCUT2D eigenvalue weighted by molar-refractivity contribution is 5.94. The topological polar surface area (TPSA) is 72.9 Å². The van der Waals surface area contributed by atoms with Gasteiger partial charge in [-0.15, -0.1) is 0 Å². The van der Waals surface area contributed by atoms with Crippen LogP contribution in [0, 0.1) is 0 Å². The Labute approximate surface area is 143 Å². The molecule has 1 aliphatic carbocycles. The molecule has 0 bridgehead atoms. The third-order valence-corrected chi connectivity index (χ3v) is 5.27. The van der Waals surface area contributed by atoms with Gasteiger partial charge in [-0.1, -0.05) is 32.0 Å². The highest BCUT2D eigenvalue weighted by Gasteiger charge is 2.32. The van der Waals surface area contributed by atoms with E-state index in [1.165, 1.54) is 0 Å². The van der Waals surface area contributed by atoms with Crippen LogP contribution in [0.15, 0.2) is 30.3 Å². The van der Waals surface area contributed by atoms with Gasteiger partial charge >= 0.3 is 0 Å². The third kappa shape index (κ3) is 2.84. The summed E-state index contributed by atoms with van der Waals surface area (Å²) in [5, 5.41) is 7.80. The van der Waals surface area contributed by atoms with Gasteiger partial charge in [-0.3, -0.25) is 4.79 Å². The maximum atomic E-state index is 12.9. The fraction of sp³-hybridized carbons (Fsp3) is 0.474. The van der Waals surface area contributed by atoms with Gasteiger partial charge in [0.05, 0.1) is 11.2 Å². The lowest BCUT2D eigenvalue weighted by Crippen LogP contribution is -2.53. The maximum Gasteiger partial charge on any atom is 0.272 e. The Morgan fingerprint density at radius 3 is 2.58 bits per heavy atom. The Hall–Kier alpha value is -2.14. The minimum absolute atomic E-state index is 0.100. The van der Waals surface area contributed by atoms with E-state index in [2.05, 4.69) is 24.3 Å². The summed E-state index contributed by atoms with van der Waals surface area (Å²) in [6.07, 6.45) is 4.58. The first kappa shape index (κ1) is 16.7. The van der Waals surface area contributed by atoms with Gasteiger partial charge in [0, 0.05) is 17.8 Å². The summed E-state index contributed by atoms with van der Waals surface area (Å²) in [5.41, 5.74) is 9.40. The zero-order valence-corrected chi connectivity index (χ0v) is 14.5. The molecule has 0 saturated heterocycles. The molecule has 1 aliphatic rings. The van der Waals surface area contributed by atoms with Crippen molar-refractivity contribution < 1.29 is 4.79 Å². The van der Waals surface area contributed by atoms with Gasteiger partial charge in [0.25, 0.3) is 5.91 Å². The molecule has 0 unspecified atom stereocenters. The number of rotatable bonds is 6. The Kier molecular flexibility index (Phi) is 4.71. The van der Waals surface area contributed by atoms with E-state index in [1.54, 1.807) is 0 Å². The number of para-hydroxylation sites is 1. The molecule has 3 N–H and O–H groups in total. The number of amides is 1. The zero-order valence-electron chi connectivity index (χ0n) is 14.5. The number of carbonyl (C=O) groups is 1. The lowest BCUT2D eigenvalue weighted by molar-refractivity contribution is 0.0888. The highest BCUT2D eigenvalue weighted by Crippen LogP contribution is 2.28. The summed E-state index contributed by atoms with van der Waals surface area (Å²) < 4.78 is 1.93. The minimum Gasteiger partial charge on any atom is -0.344 e. The fourth-order valence-corrected chi connectivity index (χ4v) is 3.47. The molecule has 0 saturated carbocycles. The molecule has 5 heteroatoms.